The number of aromatic nitrogens is 4. The molecule has 2 aromatic carbocycles. The SMILES string of the molecule is Cc1ccc(-n2nnnc2-c2cccc(N)c2Br)c(C)c1. The van der Waals surface area contributed by atoms with Gasteiger partial charge < -0.3 is 5.73 Å². The van der Waals surface area contributed by atoms with Crippen LogP contribution in [0.5, 0.6) is 0 Å². The quantitative estimate of drug-likeness (QED) is 0.725. The second-order valence-corrected chi connectivity index (χ2v) is 5.71. The van der Waals surface area contributed by atoms with Crippen LogP contribution in [0.3, 0.4) is 0 Å². The number of nitrogen functional groups attached to an aromatic ring is 1. The van der Waals surface area contributed by atoms with Crippen molar-refractivity contribution < 1.29 is 0 Å². The standard InChI is InChI=1S/C15H14BrN5/c1-9-6-7-13(10(2)8-9)21-15(18-19-20-21)11-4-3-5-12(17)14(11)16/h3-8H,17H2,1-2H3. The van der Waals surface area contributed by atoms with Gasteiger partial charge in [0.1, 0.15) is 0 Å². The average Bonchev–Trinajstić information content (AvgIpc) is 2.91. The molecule has 21 heavy (non-hydrogen) atoms. The number of benzene rings is 2. The van der Waals surface area contributed by atoms with Gasteiger partial charge in [-0.15, -0.1) is 5.10 Å². The van der Waals surface area contributed by atoms with E-state index in [2.05, 4.69) is 44.4 Å². The van der Waals surface area contributed by atoms with Crippen molar-refractivity contribution in [3.05, 3.63) is 52.0 Å². The maximum Gasteiger partial charge on any atom is 0.188 e. The molecule has 0 atom stereocenters. The normalized spacial score (nSPS) is 10.8. The molecule has 106 valence electrons. The number of tetrazole rings is 1. The maximum absolute atomic E-state index is 5.94. The first-order valence-electron chi connectivity index (χ1n) is 6.48. The molecule has 0 aliphatic heterocycles. The lowest BCUT2D eigenvalue weighted by Crippen LogP contribution is -2.03. The Balaban J connectivity index is 2.20. The van der Waals surface area contributed by atoms with E-state index in [1.165, 1.54) is 5.56 Å². The minimum Gasteiger partial charge on any atom is -0.398 e. The number of hydrogen-bond acceptors (Lipinski definition) is 4. The second-order valence-electron chi connectivity index (χ2n) is 4.91. The second kappa shape index (κ2) is 5.29. The first-order valence-corrected chi connectivity index (χ1v) is 7.27. The Kier molecular flexibility index (Phi) is 3.47. The summed E-state index contributed by atoms with van der Waals surface area (Å²) in [5.41, 5.74) is 10.7. The van der Waals surface area contributed by atoms with Gasteiger partial charge in [0.15, 0.2) is 5.82 Å². The molecule has 0 aliphatic carbocycles. The Morgan fingerprint density at radius 1 is 1.14 bits per heavy atom. The van der Waals surface area contributed by atoms with Crippen molar-refractivity contribution >= 4 is 21.6 Å². The molecular formula is C15H14BrN5. The van der Waals surface area contributed by atoms with Gasteiger partial charge in [-0.3, -0.25) is 0 Å². The molecule has 3 rings (SSSR count). The van der Waals surface area contributed by atoms with E-state index < -0.39 is 0 Å². The molecule has 1 heterocycles. The Labute approximate surface area is 130 Å². The number of aryl methyl sites for hydroxylation is 2. The van der Waals surface area contributed by atoms with Crippen molar-refractivity contribution in [3.63, 3.8) is 0 Å². The molecule has 5 nitrogen and oxygen atoms in total. The Bertz CT molecular complexity index is 810. The number of rotatable bonds is 2. The van der Waals surface area contributed by atoms with Crippen molar-refractivity contribution in [1.82, 2.24) is 20.2 Å². The van der Waals surface area contributed by atoms with Crippen LogP contribution in [0.4, 0.5) is 5.69 Å². The summed E-state index contributed by atoms with van der Waals surface area (Å²) in [5.74, 6) is 0.654. The molecule has 0 radical (unpaired) electrons. The summed E-state index contributed by atoms with van der Waals surface area (Å²) in [6.45, 7) is 4.11. The van der Waals surface area contributed by atoms with Crippen molar-refractivity contribution in [2.45, 2.75) is 13.8 Å². The van der Waals surface area contributed by atoms with E-state index in [1.807, 2.05) is 37.3 Å². The Hall–Kier alpha value is -2.21. The zero-order valence-electron chi connectivity index (χ0n) is 11.7. The van der Waals surface area contributed by atoms with Gasteiger partial charge in [0.2, 0.25) is 0 Å². The van der Waals surface area contributed by atoms with Crippen molar-refractivity contribution in [2.24, 2.45) is 0 Å². The fourth-order valence-corrected chi connectivity index (χ4v) is 2.72. The lowest BCUT2D eigenvalue weighted by molar-refractivity contribution is 0.787. The lowest BCUT2D eigenvalue weighted by atomic mass is 10.1. The largest absolute Gasteiger partial charge is 0.398 e. The van der Waals surface area contributed by atoms with Crippen molar-refractivity contribution in [2.75, 3.05) is 5.73 Å². The summed E-state index contributed by atoms with van der Waals surface area (Å²) in [6, 6.07) is 11.8. The fourth-order valence-electron chi connectivity index (χ4n) is 2.28. The number of nitrogens with zero attached hydrogens (tertiary/aromatic N) is 4. The Morgan fingerprint density at radius 2 is 1.95 bits per heavy atom. The van der Waals surface area contributed by atoms with E-state index in [-0.39, 0.29) is 0 Å². The molecule has 3 aromatic rings. The molecule has 0 fully saturated rings. The van der Waals surface area contributed by atoms with Crippen molar-refractivity contribution in [3.8, 4) is 17.1 Å². The highest BCUT2D eigenvalue weighted by Crippen LogP contribution is 2.32. The van der Waals surface area contributed by atoms with Crippen LogP contribution in [0.25, 0.3) is 17.1 Å². The average molecular weight is 344 g/mol. The third-order valence-corrected chi connectivity index (χ3v) is 4.20. The summed E-state index contributed by atoms with van der Waals surface area (Å²) in [5, 5.41) is 12.1. The summed E-state index contributed by atoms with van der Waals surface area (Å²) in [4.78, 5) is 0. The zero-order chi connectivity index (χ0) is 15.0. The molecule has 0 saturated heterocycles. The first kappa shape index (κ1) is 13.8. The highest BCUT2D eigenvalue weighted by molar-refractivity contribution is 9.10. The zero-order valence-corrected chi connectivity index (χ0v) is 13.3. The van der Waals surface area contributed by atoms with Crippen LogP contribution in [-0.4, -0.2) is 20.2 Å². The third-order valence-electron chi connectivity index (χ3n) is 3.32. The summed E-state index contributed by atoms with van der Waals surface area (Å²) >= 11 is 3.50. The van der Waals surface area contributed by atoms with Crippen LogP contribution in [0, 0.1) is 13.8 Å². The first-order chi connectivity index (χ1) is 10.1. The number of anilines is 1. The highest BCUT2D eigenvalue weighted by Gasteiger charge is 2.16. The summed E-state index contributed by atoms with van der Waals surface area (Å²) in [6.07, 6.45) is 0. The minimum atomic E-state index is 0.654. The van der Waals surface area contributed by atoms with Gasteiger partial charge in [-0.1, -0.05) is 23.8 Å². The summed E-state index contributed by atoms with van der Waals surface area (Å²) < 4.78 is 2.53. The van der Waals surface area contributed by atoms with E-state index in [0.717, 1.165) is 21.3 Å². The van der Waals surface area contributed by atoms with E-state index in [1.54, 1.807) is 4.68 Å². The maximum atomic E-state index is 5.94. The van der Waals surface area contributed by atoms with Gasteiger partial charge in [-0.25, -0.2) is 0 Å². The van der Waals surface area contributed by atoms with Crippen LogP contribution < -0.4 is 5.73 Å². The molecule has 0 aliphatic rings. The minimum absolute atomic E-state index is 0.654. The van der Waals surface area contributed by atoms with Crippen LogP contribution in [0.2, 0.25) is 0 Å². The molecular weight excluding hydrogens is 330 g/mol. The van der Waals surface area contributed by atoms with E-state index >= 15 is 0 Å². The van der Waals surface area contributed by atoms with Gasteiger partial charge in [-0.2, -0.15) is 4.68 Å². The highest BCUT2D eigenvalue weighted by atomic mass is 79.9. The Morgan fingerprint density at radius 3 is 2.71 bits per heavy atom. The molecule has 6 heteroatoms. The molecule has 0 saturated carbocycles. The third kappa shape index (κ3) is 2.42. The van der Waals surface area contributed by atoms with Gasteiger partial charge in [-0.05, 0) is 64.0 Å². The number of nitrogens with two attached hydrogens (primary N) is 1. The van der Waals surface area contributed by atoms with Crippen LogP contribution in [0.1, 0.15) is 11.1 Å². The van der Waals surface area contributed by atoms with E-state index in [4.69, 9.17) is 5.73 Å². The smallest absolute Gasteiger partial charge is 0.188 e. The van der Waals surface area contributed by atoms with Gasteiger partial charge in [0, 0.05) is 11.3 Å². The molecule has 0 bridgehead atoms. The predicted octanol–water partition coefficient (Wildman–Crippen LogP) is 3.29. The molecule has 0 amide bonds. The number of halogens is 1. The summed E-state index contributed by atoms with van der Waals surface area (Å²) in [7, 11) is 0. The van der Waals surface area contributed by atoms with Crippen LogP contribution >= 0.6 is 15.9 Å². The molecule has 1 aromatic heterocycles. The fraction of sp³-hybridized carbons (Fsp3) is 0.133. The van der Waals surface area contributed by atoms with Crippen molar-refractivity contribution in [1.29, 1.82) is 0 Å². The lowest BCUT2D eigenvalue weighted by Gasteiger charge is -2.10. The number of hydrogen-bond donors (Lipinski definition) is 1. The van der Waals surface area contributed by atoms with Gasteiger partial charge in [0.25, 0.3) is 0 Å². The van der Waals surface area contributed by atoms with E-state index in [0.29, 0.717) is 11.5 Å². The molecule has 0 unspecified atom stereocenters. The monoisotopic (exact) mass is 343 g/mol. The topological polar surface area (TPSA) is 69.6 Å². The van der Waals surface area contributed by atoms with Crippen LogP contribution in [-0.2, 0) is 0 Å². The van der Waals surface area contributed by atoms with Gasteiger partial charge >= 0.3 is 0 Å². The van der Waals surface area contributed by atoms with E-state index in [9.17, 15) is 0 Å². The molecule has 0 spiro atoms. The predicted molar refractivity (Wildman–Crippen MR) is 86.2 cm³/mol. The van der Waals surface area contributed by atoms with Gasteiger partial charge in [0.05, 0.1) is 10.2 Å². The molecule has 2 N–H and O–H groups in total. The van der Waals surface area contributed by atoms with Crippen LogP contribution in [0.15, 0.2) is 40.9 Å².